The molecule has 0 unspecified atom stereocenters. The third-order valence-electron chi connectivity index (χ3n) is 7.74. The molecule has 0 aliphatic carbocycles. The highest BCUT2D eigenvalue weighted by atomic mass is 35.5. The number of hydrogen-bond donors (Lipinski definition) is 0. The first-order valence-electron chi connectivity index (χ1n) is 14.7. The summed E-state index contributed by atoms with van der Waals surface area (Å²) in [6.07, 6.45) is -0.680. The Morgan fingerprint density at radius 2 is 1.51 bits per heavy atom. The van der Waals surface area contributed by atoms with Crippen LogP contribution in [-0.4, -0.2) is 29.2 Å². The van der Waals surface area contributed by atoms with Crippen molar-refractivity contribution in [3.8, 4) is 5.75 Å². The molecular weight excluding hydrogens is 569 g/mol. The molecule has 0 atom stereocenters. The molecule has 4 aromatic carbocycles. The van der Waals surface area contributed by atoms with E-state index in [9.17, 15) is 13.2 Å². The predicted octanol–water partition coefficient (Wildman–Crippen LogP) is 9.83. The quantitative estimate of drug-likeness (QED) is 0.124. The van der Waals surface area contributed by atoms with Crippen molar-refractivity contribution in [1.82, 2.24) is 9.47 Å². The maximum absolute atomic E-state index is 13.7. The van der Waals surface area contributed by atoms with Crippen molar-refractivity contribution in [2.24, 2.45) is 0 Å². The van der Waals surface area contributed by atoms with Gasteiger partial charge in [0.05, 0.1) is 22.7 Å². The smallest absolute Gasteiger partial charge is 0.417 e. The van der Waals surface area contributed by atoms with Crippen LogP contribution >= 0.6 is 11.6 Å². The predicted molar refractivity (Wildman–Crippen MR) is 169 cm³/mol. The van der Waals surface area contributed by atoms with E-state index in [1.807, 2.05) is 48.5 Å². The minimum Gasteiger partial charge on any atom is -0.493 e. The van der Waals surface area contributed by atoms with Gasteiger partial charge in [-0.15, -0.1) is 0 Å². The highest BCUT2D eigenvalue weighted by molar-refractivity contribution is 6.32. The first-order chi connectivity index (χ1) is 20.8. The van der Waals surface area contributed by atoms with Crippen LogP contribution in [0.1, 0.15) is 47.9 Å². The van der Waals surface area contributed by atoms with E-state index in [0.717, 1.165) is 46.8 Å². The second-order valence-electron chi connectivity index (χ2n) is 10.8. The Balaban J connectivity index is 1.37. The molecule has 0 spiro atoms. The Kier molecular flexibility index (Phi) is 10.1. The van der Waals surface area contributed by atoms with Gasteiger partial charge in [0.15, 0.2) is 0 Å². The van der Waals surface area contributed by atoms with E-state index in [1.54, 1.807) is 6.07 Å². The Morgan fingerprint density at radius 3 is 2.16 bits per heavy atom. The van der Waals surface area contributed by atoms with Crippen LogP contribution in [0.25, 0.3) is 10.9 Å². The highest BCUT2D eigenvalue weighted by Gasteiger charge is 2.34. The molecule has 0 N–H and O–H groups in total. The Bertz CT molecular complexity index is 1560. The van der Waals surface area contributed by atoms with Crippen LogP contribution in [-0.2, 0) is 19.3 Å². The summed E-state index contributed by atoms with van der Waals surface area (Å²) in [5.41, 5.74) is 3.09. The van der Waals surface area contributed by atoms with Crippen LogP contribution in [0.5, 0.6) is 5.75 Å². The maximum Gasteiger partial charge on any atom is 0.417 e. The number of nitrogens with zero attached hydrogens (tertiary/aromatic N) is 2. The molecule has 43 heavy (non-hydrogen) atoms. The van der Waals surface area contributed by atoms with Crippen molar-refractivity contribution in [2.75, 3.05) is 19.7 Å². The first kappa shape index (κ1) is 30.7. The summed E-state index contributed by atoms with van der Waals surface area (Å²) in [6, 6.07) is 32.8. The number of hydrogen-bond acceptors (Lipinski definition) is 2. The van der Waals surface area contributed by atoms with Crippen molar-refractivity contribution in [3.63, 3.8) is 0 Å². The average Bonchev–Trinajstić information content (AvgIpc) is 3.42. The zero-order chi connectivity index (χ0) is 30.2. The second kappa shape index (κ2) is 14.2. The van der Waals surface area contributed by atoms with E-state index in [2.05, 4.69) is 59.0 Å². The van der Waals surface area contributed by atoms with Crippen molar-refractivity contribution in [3.05, 3.63) is 137 Å². The molecule has 7 heteroatoms. The largest absolute Gasteiger partial charge is 0.493 e. The summed E-state index contributed by atoms with van der Waals surface area (Å²) in [4.78, 5) is 2.19. The van der Waals surface area contributed by atoms with Crippen LogP contribution in [0.4, 0.5) is 13.2 Å². The third kappa shape index (κ3) is 7.62. The van der Waals surface area contributed by atoms with Gasteiger partial charge in [-0.05, 0) is 53.8 Å². The first-order valence-corrected chi connectivity index (χ1v) is 15.1. The molecule has 224 valence electrons. The molecule has 0 bridgehead atoms. The van der Waals surface area contributed by atoms with Gasteiger partial charge in [0, 0.05) is 43.7 Å². The molecule has 0 aliphatic heterocycles. The molecule has 0 saturated heterocycles. The number of ether oxygens (including phenoxy) is 1. The van der Waals surface area contributed by atoms with Gasteiger partial charge in [0.1, 0.15) is 5.75 Å². The molecule has 5 aromatic rings. The van der Waals surface area contributed by atoms with E-state index in [0.29, 0.717) is 31.7 Å². The van der Waals surface area contributed by atoms with E-state index in [-0.39, 0.29) is 17.5 Å². The number of aryl methyl sites for hydroxylation is 1. The normalized spacial score (nSPS) is 12.0. The number of aromatic nitrogens is 1. The van der Waals surface area contributed by atoms with E-state index in [4.69, 9.17) is 16.3 Å². The number of rotatable bonds is 13. The molecule has 1 heterocycles. The van der Waals surface area contributed by atoms with Crippen molar-refractivity contribution < 1.29 is 17.9 Å². The Morgan fingerprint density at radius 1 is 0.837 bits per heavy atom. The second-order valence-corrected chi connectivity index (χ2v) is 11.2. The number of benzene rings is 4. The minimum absolute atomic E-state index is 0.0278. The maximum atomic E-state index is 13.7. The monoisotopic (exact) mass is 604 g/mol. The number of fused-ring (bicyclic) bond motifs is 1. The van der Waals surface area contributed by atoms with Crippen LogP contribution < -0.4 is 4.74 Å². The van der Waals surface area contributed by atoms with Gasteiger partial charge in [-0.1, -0.05) is 97.4 Å². The van der Waals surface area contributed by atoms with Gasteiger partial charge >= 0.3 is 6.18 Å². The van der Waals surface area contributed by atoms with E-state index in [1.165, 1.54) is 6.07 Å². The lowest BCUT2D eigenvalue weighted by molar-refractivity contribution is -0.137. The lowest BCUT2D eigenvalue weighted by Gasteiger charge is -2.29. The van der Waals surface area contributed by atoms with Crippen molar-refractivity contribution >= 4 is 22.5 Å². The SMILES string of the molecule is CCCn1ccc2c(OCCCN(Cc3cccc(C(F)(F)F)c3Cl)CC(c3ccccc3)c3ccccc3)cccc21. The fourth-order valence-corrected chi connectivity index (χ4v) is 5.95. The Hall–Kier alpha value is -3.74. The average molecular weight is 605 g/mol. The summed E-state index contributed by atoms with van der Waals surface area (Å²) >= 11 is 6.36. The van der Waals surface area contributed by atoms with Gasteiger partial charge < -0.3 is 9.30 Å². The summed E-state index contributed by atoms with van der Waals surface area (Å²) in [5, 5.41) is 0.840. The zero-order valence-corrected chi connectivity index (χ0v) is 25.0. The molecule has 0 aliphatic rings. The molecule has 0 amide bonds. The van der Waals surface area contributed by atoms with Gasteiger partial charge in [0.2, 0.25) is 0 Å². The molecule has 0 saturated carbocycles. The standard InChI is InChI=1S/C36H36ClF3N2O/c1-2-21-42-23-20-30-33(42)18-10-19-34(30)43-24-11-22-41(25-29-16-9-17-32(35(29)37)36(38,39)40)26-31(27-12-5-3-6-13-27)28-14-7-4-8-15-28/h3-10,12-20,23,31H,2,11,21-22,24-26H2,1H3. The number of halogens is 4. The molecule has 0 fully saturated rings. The summed E-state index contributed by atoms with van der Waals surface area (Å²) < 4.78 is 49.5. The molecular formula is C36H36ClF3N2O. The van der Waals surface area contributed by atoms with Crippen LogP contribution in [0.2, 0.25) is 5.02 Å². The summed E-state index contributed by atoms with van der Waals surface area (Å²) in [7, 11) is 0. The van der Waals surface area contributed by atoms with E-state index < -0.39 is 11.7 Å². The number of alkyl halides is 3. The van der Waals surface area contributed by atoms with Crippen molar-refractivity contribution in [2.45, 2.75) is 44.9 Å². The molecule has 0 radical (unpaired) electrons. The summed E-state index contributed by atoms with van der Waals surface area (Å²) in [5.74, 6) is 0.867. The lowest BCUT2D eigenvalue weighted by atomic mass is 9.90. The van der Waals surface area contributed by atoms with Crippen LogP contribution in [0, 0.1) is 0 Å². The van der Waals surface area contributed by atoms with Gasteiger partial charge in [-0.25, -0.2) is 0 Å². The third-order valence-corrected chi connectivity index (χ3v) is 8.18. The Labute approximate surface area is 256 Å². The van der Waals surface area contributed by atoms with E-state index >= 15 is 0 Å². The zero-order valence-electron chi connectivity index (χ0n) is 24.2. The molecule has 1 aromatic heterocycles. The van der Waals surface area contributed by atoms with Crippen molar-refractivity contribution in [1.29, 1.82) is 0 Å². The van der Waals surface area contributed by atoms with Gasteiger partial charge in [-0.3, -0.25) is 4.90 Å². The topological polar surface area (TPSA) is 17.4 Å². The van der Waals surface area contributed by atoms with Gasteiger partial charge in [0.25, 0.3) is 0 Å². The summed E-state index contributed by atoms with van der Waals surface area (Å²) in [6.45, 7) is 5.10. The van der Waals surface area contributed by atoms with Crippen LogP contribution in [0.15, 0.2) is 109 Å². The lowest BCUT2D eigenvalue weighted by Crippen LogP contribution is -2.31. The van der Waals surface area contributed by atoms with Crippen LogP contribution in [0.3, 0.4) is 0 Å². The minimum atomic E-state index is -4.51. The highest BCUT2D eigenvalue weighted by Crippen LogP contribution is 2.37. The van der Waals surface area contributed by atoms with Gasteiger partial charge in [-0.2, -0.15) is 13.2 Å². The molecule has 3 nitrogen and oxygen atoms in total. The molecule has 5 rings (SSSR count). The fourth-order valence-electron chi connectivity index (χ4n) is 5.66. The fraction of sp³-hybridized carbons (Fsp3) is 0.278.